The standard InChI is InChI=1S/C7H14N8/c8-6(9)13-7(10)11-2-1-4-15-5-3-12-14-15/h3,5H,1-2,4H2,(H6,8,9,10,11,13). The molecule has 1 rings (SSSR count). The van der Waals surface area contributed by atoms with E-state index >= 15 is 0 Å². The topological polar surface area (TPSA) is 133 Å². The third-order valence-corrected chi connectivity index (χ3v) is 1.53. The lowest BCUT2D eigenvalue weighted by Crippen LogP contribution is -2.26. The van der Waals surface area contributed by atoms with E-state index in [1.807, 2.05) is 0 Å². The van der Waals surface area contributed by atoms with Crippen LogP contribution in [0.25, 0.3) is 0 Å². The van der Waals surface area contributed by atoms with Crippen molar-refractivity contribution in [2.75, 3.05) is 6.54 Å². The Labute approximate surface area is 86.9 Å². The summed E-state index contributed by atoms with van der Waals surface area (Å²) in [7, 11) is 0. The van der Waals surface area contributed by atoms with Gasteiger partial charge in [0.1, 0.15) is 0 Å². The zero-order chi connectivity index (χ0) is 11.1. The second-order valence-corrected chi connectivity index (χ2v) is 2.80. The van der Waals surface area contributed by atoms with Gasteiger partial charge in [0, 0.05) is 19.3 Å². The largest absolute Gasteiger partial charge is 0.370 e. The fourth-order valence-corrected chi connectivity index (χ4v) is 0.946. The minimum absolute atomic E-state index is 0.0903. The number of aliphatic imine (C=N–C) groups is 2. The quantitative estimate of drug-likeness (QED) is 0.308. The number of hydrogen-bond acceptors (Lipinski definition) is 3. The first kappa shape index (κ1) is 11.0. The molecule has 6 N–H and O–H groups in total. The molecule has 0 saturated carbocycles. The first-order valence-corrected chi connectivity index (χ1v) is 4.42. The molecule has 0 radical (unpaired) electrons. The maximum Gasteiger partial charge on any atom is 0.218 e. The number of nitrogens with zero attached hydrogens (tertiary/aromatic N) is 5. The van der Waals surface area contributed by atoms with Gasteiger partial charge in [-0.15, -0.1) is 5.10 Å². The van der Waals surface area contributed by atoms with Crippen molar-refractivity contribution in [3.05, 3.63) is 12.4 Å². The number of aryl methyl sites for hydroxylation is 1. The maximum atomic E-state index is 5.40. The van der Waals surface area contributed by atoms with Crippen LogP contribution in [0, 0.1) is 0 Å². The normalized spacial score (nSPS) is 11.3. The van der Waals surface area contributed by atoms with Crippen LogP contribution < -0.4 is 17.2 Å². The Morgan fingerprint density at radius 3 is 2.73 bits per heavy atom. The van der Waals surface area contributed by atoms with Gasteiger partial charge in [-0.2, -0.15) is 4.99 Å². The predicted molar refractivity (Wildman–Crippen MR) is 56.9 cm³/mol. The molecule has 1 aromatic heterocycles. The van der Waals surface area contributed by atoms with Gasteiger partial charge in [0.05, 0.1) is 6.20 Å². The first-order valence-electron chi connectivity index (χ1n) is 4.42. The molecular formula is C7H14N8. The molecule has 0 aromatic carbocycles. The molecule has 0 aliphatic heterocycles. The van der Waals surface area contributed by atoms with Crippen molar-refractivity contribution in [2.45, 2.75) is 13.0 Å². The van der Waals surface area contributed by atoms with Crippen molar-refractivity contribution in [1.29, 1.82) is 0 Å². The minimum Gasteiger partial charge on any atom is -0.370 e. The molecule has 0 aliphatic rings. The highest BCUT2D eigenvalue weighted by molar-refractivity contribution is 5.92. The highest BCUT2D eigenvalue weighted by Gasteiger charge is 1.92. The average molecular weight is 210 g/mol. The molecular weight excluding hydrogens is 196 g/mol. The first-order chi connectivity index (χ1) is 7.18. The Bertz CT molecular complexity index is 334. The minimum atomic E-state index is -0.0903. The van der Waals surface area contributed by atoms with Crippen molar-refractivity contribution in [3.8, 4) is 0 Å². The van der Waals surface area contributed by atoms with E-state index in [1.165, 1.54) is 0 Å². The molecule has 0 bridgehead atoms. The molecule has 1 aromatic rings. The third kappa shape index (κ3) is 4.60. The van der Waals surface area contributed by atoms with Crippen LogP contribution in [-0.4, -0.2) is 33.5 Å². The van der Waals surface area contributed by atoms with E-state index in [-0.39, 0.29) is 11.9 Å². The van der Waals surface area contributed by atoms with Gasteiger partial charge in [-0.05, 0) is 6.42 Å². The van der Waals surface area contributed by atoms with Gasteiger partial charge in [-0.3, -0.25) is 9.67 Å². The van der Waals surface area contributed by atoms with Gasteiger partial charge in [0.2, 0.25) is 5.96 Å². The van der Waals surface area contributed by atoms with Gasteiger partial charge < -0.3 is 17.2 Å². The van der Waals surface area contributed by atoms with Gasteiger partial charge >= 0.3 is 0 Å². The van der Waals surface area contributed by atoms with Crippen LogP contribution in [0.1, 0.15) is 6.42 Å². The van der Waals surface area contributed by atoms with Crippen LogP contribution in [0.5, 0.6) is 0 Å². The van der Waals surface area contributed by atoms with E-state index in [2.05, 4.69) is 20.3 Å². The van der Waals surface area contributed by atoms with Crippen LogP contribution >= 0.6 is 0 Å². The van der Waals surface area contributed by atoms with Crippen LogP contribution in [0.3, 0.4) is 0 Å². The lowest BCUT2D eigenvalue weighted by molar-refractivity contribution is 0.564. The SMILES string of the molecule is NC(N)=NC(N)=NCCCn1ccnn1. The van der Waals surface area contributed by atoms with Gasteiger partial charge in [-0.25, -0.2) is 0 Å². The van der Waals surface area contributed by atoms with Crippen LogP contribution in [0.2, 0.25) is 0 Å². The summed E-state index contributed by atoms with van der Waals surface area (Å²) >= 11 is 0. The van der Waals surface area contributed by atoms with Gasteiger partial charge in [0.25, 0.3) is 0 Å². The monoisotopic (exact) mass is 210 g/mol. The Kier molecular flexibility index (Phi) is 4.07. The molecule has 0 aliphatic carbocycles. The van der Waals surface area contributed by atoms with Crippen molar-refractivity contribution in [1.82, 2.24) is 15.0 Å². The molecule has 0 unspecified atom stereocenters. The van der Waals surface area contributed by atoms with E-state index < -0.39 is 0 Å². The van der Waals surface area contributed by atoms with E-state index in [4.69, 9.17) is 17.2 Å². The van der Waals surface area contributed by atoms with Crippen molar-refractivity contribution < 1.29 is 0 Å². The number of hydrogen-bond donors (Lipinski definition) is 3. The molecule has 8 nitrogen and oxygen atoms in total. The molecule has 82 valence electrons. The zero-order valence-corrected chi connectivity index (χ0v) is 8.24. The Balaban J connectivity index is 2.24. The summed E-state index contributed by atoms with van der Waals surface area (Å²) in [6, 6.07) is 0. The van der Waals surface area contributed by atoms with E-state index in [1.54, 1.807) is 17.1 Å². The highest BCUT2D eigenvalue weighted by Crippen LogP contribution is 1.88. The molecule has 0 spiro atoms. The van der Waals surface area contributed by atoms with Crippen molar-refractivity contribution >= 4 is 11.9 Å². The van der Waals surface area contributed by atoms with Gasteiger partial charge in [-0.1, -0.05) is 5.21 Å². The smallest absolute Gasteiger partial charge is 0.218 e. The Hall–Kier alpha value is -2.12. The molecule has 15 heavy (non-hydrogen) atoms. The summed E-state index contributed by atoms with van der Waals surface area (Å²) in [5, 5.41) is 7.47. The second-order valence-electron chi connectivity index (χ2n) is 2.80. The molecule has 1 heterocycles. The summed E-state index contributed by atoms with van der Waals surface area (Å²) < 4.78 is 1.71. The van der Waals surface area contributed by atoms with Crippen LogP contribution in [0.15, 0.2) is 22.4 Å². The summed E-state index contributed by atoms with van der Waals surface area (Å²) in [5.74, 6) is 0.00103. The fourth-order valence-electron chi connectivity index (χ4n) is 0.946. The van der Waals surface area contributed by atoms with Crippen molar-refractivity contribution in [3.63, 3.8) is 0 Å². The average Bonchev–Trinajstić information content (AvgIpc) is 2.63. The van der Waals surface area contributed by atoms with Crippen molar-refractivity contribution in [2.24, 2.45) is 27.2 Å². The molecule has 0 fully saturated rings. The Morgan fingerprint density at radius 1 is 1.33 bits per heavy atom. The van der Waals surface area contributed by atoms with Crippen LogP contribution in [0.4, 0.5) is 0 Å². The number of rotatable bonds is 4. The predicted octanol–water partition coefficient (Wildman–Crippen LogP) is -1.74. The number of nitrogens with two attached hydrogens (primary N) is 3. The molecule has 0 atom stereocenters. The third-order valence-electron chi connectivity index (χ3n) is 1.53. The summed E-state index contributed by atoms with van der Waals surface area (Å²) in [6.07, 6.45) is 4.20. The summed E-state index contributed by atoms with van der Waals surface area (Å²) in [4.78, 5) is 7.53. The number of guanidine groups is 2. The van der Waals surface area contributed by atoms with E-state index in [0.717, 1.165) is 13.0 Å². The van der Waals surface area contributed by atoms with Crippen LogP contribution in [-0.2, 0) is 6.54 Å². The second kappa shape index (κ2) is 5.58. The lowest BCUT2D eigenvalue weighted by Gasteiger charge is -1.97. The van der Waals surface area contributed by atoms with E-state index in [0.29, 0.717) is 6.54 Å². The van der Waals surface area contributed by atoms with E-state index in [9.17, 15) is 0 Å². The highest BCUT2D eigenvalue weighted by atomic mass is 15.4. The Morgan fingerprint density at radius 2 is 2.13 bits per heavy atom. The molecule has 0 saturated heterocycles. The summed E-state index contributed by atoms with van der Waals surface area (Å²) in [5.41, 5.74) is 15.6. The fraction of sp³-hybridized carbons (Fsp3) is 0.429. The summed E-state index contributed by atoms with van der Waals surface area (Å²) in [6.45, 7) is 1.28. The molecule has 0 amide bonds. The maximum absolute atomic E-state index is 5.40. The molecule has 8 heteroatoms. The lowest BCUT2D eigenvalue weighted by atomic mass is 10.4. The van der Waals surface area contributed by atoms with Gasteiger partial charge in [0.15, 0.2) is 5.96 Å². The zero-order valence-electron chi connectivity index (χ0n) is 8.24. The number of aromatic nitrogens is 3.